The lowest BCUT2D eigenvalue weighted by Gasteiger charge is -2.08. The molecule has 2 aromatic carbocycles. The highest BCUT2D eigenvalue weighted by Crippen LogP contribution is 2.26. The maximum atomic E-state index is 9.16. The van der Waals surface area contributed by atoms with Crippen LogP contribution < -0.4 is 5.32 Å². The molecule has 0 amide bonds. The largest absolute Gasteiger partial charge is 0.508 e. The molecule has 4 heteroatoms. The Balaban J connectivity index is 2.07. The van der Waals surface area contributed by atoms with Gasteiger partial charge in [-0.25, -0.2) is 0 Å². The first kappa shape index (κ1) is 12.1. The van der Waals surface area contributed by atoms with E-state index >= 15 is 0 Å². The van der Waals surface area contributed by atoms with Gasteiger partial charge in [0.25, 0.3) is 0 Å². The number of halogens is 2. The summed E-state index contributed by atoms with van der Waals surface area (Å²) in [5.41, 5.74) is 1.85. The summed E-state index contributed by atoms with van der Waals surface area (Å²) in [6, 6.07) is 12.4. The number of rotatable bonds is 3. The van der Waals surface area contributed by atoms with E-state index in [0.717, 1.165) is 11.3 Å². The lowest BCUT2D eigenvalue weighted by Crippen LogP contribution is -1.99. The molecule has 0 atom stereocenters. The lowest BCUT2D eigenvalue weighted by molar-refractivity contribution is 0.475. The molecule has 0 aliphatic carbocycles. The molecule has 2 N–H and O–H groups in total. The van der Waals surface area contributed by atoms with E-state index in [0.29, 0.717) is 16.6 Å². The van der Waals surface area contributed by atoms with Crippen LogP contribution in [-0.2, 0) is 6.54 Å². The third-order valence-corrected chi connectivity index (χ3v) is 3.24. The Morgan fingerprint density at radius 2 is 1.71 bits per heavy atom. The van der Waals surface area contributed by atoms with Crippen molar-refractivity contribution in [1.29, 1.82) is 0 Å². The molecule has 0 aromatic heterocycles. The maximum absolute atomic E-state index is 9.16. The highest BCUT2D eigenvalue weighted by atomic mass is 35.5. The molecular weight excluding hydrogens is 257 g/mol. The summed E-state index contributed by atoms with van der Waals surface area (Å²) in [6.45, 7) is 0.587. The molecule has 88 valence electrons. The first-order chi connectivity index (χ1) is 8.16. The van der Waals surface area contributed by atoms with Crippen LogP contribution in [0.5, 0.6) is 5.75 Å². The van der Waals surface area contributed by atoms with Crippen LogP contribution in [0.4, 0.5) is 5.69 Å². The molecule has 0 aliphatic rings. The average Bonchev–Trinajstić information content (AvgIpc) is 2.33. The zero-order valence-corrected chi connectivity index (χ0v) is 10.5. The summed E-state index contributed by atoms with van der Waals surface area (Å²) in [7, 11) is 0. The van der Waals surface area contributed by atoms with Crippen molar-refractivity contribution in [2.75, 3.05) is 5.32 Å². The fourth-order valence-electron chi connectivity index (χ4n) is 1.46. The van der Waals surface area contributed by atoms with Crippen LogP contribution in [0.25, 0.3) is 0 Å². The smallest absolute Gasteiger partial charge is 0.115 e. The third kappa shape index (κ3) is 3.05. The minimum absolute atomic E-state index is 0.247. The first-order valence-corrected chi connectivity index (χ1v) is 5.88. The van der Waals surface area contributed by atoms with Gasteiger partial charge in [0.15, 0.2) is 0 Å². The van der Waals surface area contributed by atoms with Gasteiger partial charge in [-0.1, -0.05) is 35.3 Å². The molecule has 2 rings (SSSR count). The van der Waals surface area contributed by atoms with Crippen LogP contribution in [0, 0.1) is 0 Å². The van der Waals surface area contributed by atoms with Gasteiger partial charge >= 0.3 is 0 Å². The van der Waals surface area contributed by atoms with E-state index in [1.54, 1.807) is 30.3 Å². The van der Waals surface area contributed by atoms with Crippen LogP contribution in [-0.4, -0.2) is 5.11 Å². The van der Waals surface area contributed by atoms with E-state index in [2.05, 4.69) is 5.32 Å². The average molecular weight is 268 g/mol. The van der Waals surface area contributed by atoms with Gasteiger partial charge in [-0.15, -0.1) is 0 Å². The fraction of sp³-hybridized carbons (Fsp3) is 0.0769. The van der Waals surface area contributed by atoms with Crippen LogP contribution in [0.3, 0.4) is 0 Å². The van der Waals surface area contributed by atoms with Crippen LogP contribution >= 0.6 is 23.2 Å². The molecule has 0 radical (unpaired) electrons. The molecule has 0 saturated heterocycles. The van der Waals surface area contributed by atoms with Gasteiger partial charge in [-0.05, 0) is 35.9 Å². The molecule has 17 heavy (non-hydrogen) atoms. The summed E-state index contributed by atoms with van der Waals surface area (Å²) in [6.07, 6.45) is 0. The number of phenols is 1. The normalized spacial score (nSPS) is 10.2. The third-order valence-electron chi connectivity index (χ3n) is 2.38. The Hall–Kier alpha value is -1.38. The molecule has 0 aliphatic heterocycles. The maximum Gasteiger partial charge on any atom is 0.115 e. The first-order valence-electron chi connectivity index (χ1n) is 5.12. The number of aromatic hydroxyl groups is 1. The van der Waals surface area contributed by atoms with Gasteiger partial charge in [-0.3, -0.25) is 0 Å². The zero-order valence-electron chi connectivity index (χ0n) is 8.95. The van der Waals surface area contributed by atoms with E-state index in [-0.39, 0.29) is 5.75 Å². The molecule has 0 fully saturated rings. The Morgan fingerprint density at radius 1 is 1.00 bits per heavy atom. The van der Waals surface area contributed by atoms with Crippen LogP contribution in [0.15, 0.2) is 42.5 Å². The number of benzene rings is 2. The summed E-state index contributed by atoms with van der Waals surface area (Å²) < 4.78 is 0. The van der Waals surface area contributed by atoms with Gasteiger partial charge in [0.05, 0.1) is 10.0 Å². The van der Waals surface area contributed by atoms with E-state index in [9.17, 15) is 0 Å². The Kier molecular flexibility index (Phi) is 3.77. The quantitative estimate of drug-likeness (QED) is 0.813. The molecule has 0 spiro atoms. The summed E-state index contributed by atoms with van der Waals surface area (Å²) in [5, 5.41) is 13.5. The minimum atomic E-state index is 0.247. The molecule has 0 bridgehead atoms. The molecule has 0 saturated carbocycles. The Bertz CT molecular complexity index is 511. The predicted molar refractivity (Wildman–Crippen MR) is 71.9 cm³/mol. The van der Waals surface area contributed by atoms with Gasteiger partial charge in [0, 0.05) is 12.2 Å². The summed E-state index contributed by atoms with van der Waals surface area (Å²) in [4.78, 5) is 0. The predicted octanol–water partition coefficient (Wildman–Crippen LogP) is 4.31. The highest BCUT2D eigenvalue weighted by molar-refractivity contribution is 6.42. The number of phenolic OH excluding ortho intramolecular Hbond substituents is 1. The van der Waals surface area contributed by atoms with Crippen molar-refractivity contribution >= 4 is 28.9 Å². The highest BCUT2D eigenvalue weighted by Gasteiger charge is 2.03. The molecule has 0 unspecified atom stereocenters. The number of anilines is 1. The monoisotopic (exact) mass is 267 g/mol. The van der Waals surface area contributed by atoms with Crippen molar-refractivity contribution in [3.63, 3.8) is 0 Å². The van der Waals surface area contributed by atoms with Gasteiger partial charge in [-0.2, -0.15) is 0 Å². The van der Waals surface area contributed by atoms with Crippen molar-refractivity contribution in [2.45, 2.75) is 6.54 Å². The minimum Gasteiger partial charge on any atom is -0.508 e. The second-order valence-electron chi connectivity index (χ2n) is 3.61. The summed E-state index contributed by atoms with van der Waals surface area (Å²) >= 11 is 12.0. The van der Waals surface area contributed by atoms with Gasteiger partial charge < -0.3 is 10.4 Å². The number of nitrogens with one attached hydrogen (secondary N) is 1. The molecule has 2 nitrogen and oxygen atoms in total. The molecule has 0 heterocycles. The lowest BCUT2D eigenvalue weighted by atomic mass is 10.2. The standard InChI is InChI=1S/C13H11Cl2NO/c14-12-3-1-2-9(13(12)15)8-16-10-4-6-11(17)7-5-10/h1-7,16-17H,8H2. The van der Waals surface area contributed by atoms with E-state index in [1.807, 2.05) is 12.1 Å². The molecular formula is C13H11Cl2NO. The van der Waals surface area contributed by atoms with Gasteiger partial charge in [0.2, 0.25) is 0 Å². The van der Waals surface area contributed by atoms with Crippen molar-refractivity contribution in [3.05, 3.63) is 58.1 Å². The zero-order chi connectivity index (χ0) is 12.3. The van der Waals surface area contributed by atoms with Crippen molar-refractivity contribution in [3.8, 4) is 5.75 Å². The van der Waals surface area contributed by atoms with E-state index in [1.165, 1.54) is 0 Å². The Labute approximate surface area is 110 Å². The van der Waals surface area contributed by atoms with Crippen LogP contribution in [0.1, 0.15) is 5.56 Å². The Morgan fingerprint density at radius 3 is 2.41 bits per heavy atom. The van der Waals surface area contributed by atoms with E-state index in [4.69, 9.17) is 28.3 Å². The topological polar surface area (TPSA) is 32.3 Å². The van der Waals surface area contributed by atoms with E-state index < -0.39 is 0 Å². The molecule has 2 aromatic rings. The number of hydrogen-bond acceptors (Lipinski definition) is 2. The second kappa shape index (κ2) is 5.30. The number of hydrogen-bond donors (Lipinski definition) is 2. The van der Waals surface area contributed by atoms with Gasteiger partial charge in [0.1, 0.15) is 5.75 Å². The summed E-state index contributed by atoms with van der Waals surface area (Å²) in [5.74, 6) is 0.247. The fourth-order valence-corrected chi connectivity index (χ4v) is 1.85. The van der Waals surface area contributed by atoms with Crippen molar-refractivity contribution in [2.24, 2.45) is 0 Å². The van der Waals surface area contributed by atoms with Crippen molar-refractivity contribution < 1.29 is 5.11 Å². The SMILES string of the molecule is Oc1ccc(NCc2cccc(Cl)c2Cl)cc1. The van der Waals surface area contributed by atoms with Crippen LogP contribution in [0.2, 0.25) is 10.0 Å². The van der Waals surface area contributed by atoms with Crippen molar-refractivity contribution in [1.82, 2.24) is 0 Å². The second-order valence-corrected chi connectivity index (χ2v) is 4.40.